The zero-order valence-electron chi connectivity index (χ0n) is 10.4. The van der Waals surface area contributed by atoms with Crippen LogP contribution in [0.2, 0.25) is 5.02 Å². The Kier molecular flexibility index (Phi) is 5.14. The van der Waals surface area contributed by atoms with Crippen molar-refractivity contribution in [1.82, 2.24) is 0 Å². The average molecular weight is 377 g/mol. The number of rotatable bonds is 4. The van der Waals surface area contributed by atoms with E-state index in [1.807, 2.05) is 0 Å². The molecule has 0 aliphatic heterocycles. The third kappa shape index (κ3) is 4.15. The van der Waals surface area contributed by atoms with Crippen molar-refractivity contribution >= 4 is 39.1 Å². The summed E-state index contributed by atoms with van der Waals surface area (Å²) in [7, 11) is 0. The molecule has 0 saturated heterocycles. The first kappa shape index (κ1) is 15.7. The molecule has 0 bridgehead atoms. The number of carbonyl (C=O) groups excluding carboxylic acids is 1. The molecule has 3 nitrogen and oxygen atoms in total. The van der Waals surface area contributed by atoms with Crippen molar-refractivity contribution in [3.63, 3.8) is 0 Å². The number of hydrogen-bond donors (Lipinski definition) is 1. The Hall–Kier alpha value is -1.66. The summed E-state index contributed by atoms with van der Waals surface area (Å²) in [5, 5.41) is 2.88. The van der Waals surface area contributed by atoms with Crippen LogP contribution in [-0.4, -0.2) is 12.5 Å². The second kappa shape index (κ2) is 6.87. The van der Waals surface area contributed by atoms with E-state index in [1.165, 1.54) is 24.3 Å². The maximum atomic E-state index is 12.3. The Bertz CT molecular complexity index is 667. The Labute approximate surface area is 133 Å². The van der Waals surface area contributed by atoms with Crippen LogP contribution in [0.15, 0.2) is 46.9 Å². The van der Waals surface area contributed by atoms with Gasteiger partial charge in [-0.25, -0.2) is 0 Å². The Balaban J connectivity index is 2.21. The van der Waals surface area contributed by atoms with Gasteiger partial charge in [-0.2, -0.15) is 8.78 Å². The van der Waals surface area contributed by atoms with E-state index in [0.29, 0.717) is 15.1 Å². The highest BCUT2D eigenvalue weighted by Gasteiger charge is 2.13. The lowest BCUT2D eigenvalue weighted by Gasteiger charge is -2.11. The third-order valence-corrected chi connectivity index (χ3v) is 3.77. The van der Waals surface area contributed by atoms with Gasteiger partial charge in [-0.05, 0) is 46.3 Å². The zero-order valence-corrected chi connectivity index (χ0v) is 12.8. The lowest BCUT2D eigenvalue weighted by molar-refractivity contribution is -0.0493. The number of alkyl halides is 2. The summed E-state index contributed by atoms with van der Waals surface area (Å²) in [6, 6.07) is 10.6. The minimum Gasteiger partial charge on any atom is -0.433 e. The predicted molar refractivity (Wildman–Crippen MR) is 80.2 cm³/mol. The standard InChI is InChI=1S/C14H9BrClF2NO2/c15-9-6-5-8(7-10(9)16)13(20)19-11-3-1-2-4-12(11)21-14(17)18/h1-7,14H,(H,19,20). The number of carbonyl (C=O) groups is 1. The molecule has 0 atom stereocenters. The van der Waals surface area contributed by atoms with Crippen LogP contribution in [0.1, 0.15) is 10.4 Å². The fourth-order valence-corrected chi connectivity index (χ4v) is 2.03. The number of hydrogen-bond acceptors (Lipinski definition) is 2. The molecule has 0 radical (unpaired) electrons. The number of ether oxygens (including phenoxy) is 1. The summed E-state index contributed by atoms with van der Waals surface area (Å²) in [5.74, 6) is -0.584. The second-order valence-electron chi connectivity index (χ2n) is 3.96. The first-order valence-corrected chi connectivity index (χ1v) is 6.94. The van der Waals surface area contributed by atoms with Gasteiger partial charge in [0.1, 0.15) is 5.75 Å². The molecule has 0 spiro atoms. The third-order valence-electron chi connectivity index (χ3n) is 2.53. The summed E-state index contributed by atoms with van der Waals surface area (Å²) in [6.07, 6.45) is 0. The Morgan fingerprint density at radius 2 is 1.95 bits per heavy atom. The van der Waals surface area contributed by atoms with Gasteiger partial charge in [-0.3, -0.25) is 4.79 Å². The van der Waals surface area contributed by atoms with Crippen molar-refractivity contribution in [2.24, 2.45) is 0 Å². The number of anilines is 1. The summed E-state index contributed by atoms with van der Waals surface area (Å²) >= 11 is 9.13. The lowest BCUT2D eigenvalue weighted by Crippen LogP contribution is -2.13. The molecule has 2 rings (SSSR count). The molecule has 1 amide bonds. The van der Waals surface area contributed by atoms with Crippen LogP contribution in [0.4, 0.5) is 14.5 Å². The largest absolute Gasteiger partial charge is 0.433 e. The quantitative estimate of drug-likeness (QED) is 0.819. The normalized spacial score (nSPS) is 10.5. The van der Waals surface area contributed by atoms with E-state index in [1.54, 1.807) is 18.2 Å². The molecule has 2 aromatic rings. The van der Waals surface area contributed by atoms with Gasteiger partial charge in [0.25, 0.3) is 5.91 Å². The van der Waals surface area contributed by atoms with Gasteiger partial charge in [0, 0.05) is 10.0 Å². The van der Waals surface area contributed by atoms with Gasteiger partial charge in [0.15, 0.2) is 0 Å². The van der Waals surface area contributed by atoms with E-state index >= 15 is 0 Å². The fraction of sp³-hybridized carbons (Fsp3) is 0.0714. The Morgan fingerprint density at radius 3 is 2.62 bits per heavy atom. The van der Waals surface area contributed by atoms with Crippen LogP contribution in [-0.2, 0) is 0 Å². The summed E-state index contributed by atoms with van der Waals surface area (Å²) in [5.41, 5.74) is 0.455. The maximum Gasteiger partial charge on any atom is 0.387 e. The van der Waals surface area contributed by atoms with Gasteiger partial charge in [-0.15, -0.1) is 0 Å². The molecule has 0 saturated carbocycles. The SMILES string of the molecule is O=C(Nc1ccccc1OC(F)F)c1ccc(Br)c(Cl)c1. The first-order chi connectivity index (χ1) is 9.97. The van der Waals surface area contributed by atoms with Crippen LogP contribution in [0.3, 0.4) is 0 Å². The number of halogens is 4. The smallest absolute Gasteiger partial charge is 0.387 e. The van der Waals surface area contributed by atoms with Gasteiger partial charge in [0.2, 0.25) is 0 Å². The van der Waals surface area contributed by atoms with E-state index in [0.717, 1.165) is 0 Å². The highest BCUT2D eigenvalue weighted by atomic mass is 79.9. The molecule has 0 heterocycles. The predicted octanol–water partition coefficient (Wildman–Crippen LogP) is 4.96. The minimum absolute atomic E-state index is 0.107. The molecular weight excluding hydrogens is 368 g/mol. The van der Waals surface area contributed by atoms with Crippen molar-refractivity contribution in [2.45, 2.75) is 6.61 Å². The molecule has 2 aromatic carbocycles. The molecular formula is C14H9BrClF2NO2. The number of amides is 1. The zero-order chi connectivity index (χ0) is 15.4. The molecule has 0 aromatic heterocycles. The molecule has 21 heavy (non-hydrogen) atoms. The summed E-state index contributed by atoms with van der Waals surface area (Å²) < 4.78 is 29.6. The van der Waals surface area contributed by atoms with Crippen molar-refractivity contribution in [1.29, 1.82) is 0 Å². The first-order valence-electron chi connectivity index (χ1n) is 5.77. The van der Waals surface area contributed by atoms with Crippen molar-refractivity contribution in [3.8, 4) is 5.75 Å². The van der Waals surface area contributed by atoms with Crippen LogP contribution in [0.5, 0.6) is 5.75 Å². The molecule has 1 N–H and O–H groups in total. The minimum atomic E-state index is -2.97. The maximum absolute atomic E-state index is 12.3. The van der Waals surface area contributed by atoms with Crippen molar-refractivity contribution in [3.05, 3.63) is 57.5 Å². The number of para-hydroxylation sites is 2. The summed E-state index contributed by atoms with van der Waals surface area (Å²) in [4.78, 5) is 12.1. The van der Waals surface area contributed by atoms with E-state index in [4.69, 9.17) is 11.6 Å². The van der Waals surface area contributed by atoms with Gasteiger partial charge in [-0.1, -0.05) is 23.7 Å². The van der Waals surface area contributed by atoms with E-state index < -0.39 is 12.5 Å². The fourth-order valence-electron chi connectivity index (χ4n) is 1.60. The van der Waals surface area contributed by atoms with Crippen LogP contribution in [0.25, 0.3) is 0 Å². The number of nitrogens with one attached hydrogen (secondary N) is 1. The van der Waals surface area contributed by atoms with E-state index in [9.17, 15) is 13.6 Å². The molecule has 110 valence electrons. The lowest BCUT2D eigenvalue weighted by atomic mass is 10.2. The molecule has 0 aliphatic rings. The Morgan fingerprint density at radius 1 is 1.24 bits per heavy atom. The molecule has 0 fully saturated rings. The van der Waals surface area contributed by atoms with Gasteiger partial charge < -0.3 is 10.1 Å². The van der Waals surface area contributed by atoms with Gasteiger partial charge >= 0.3 is 6.61 Å². The summed E-state index contributed by atoms with van der Waals surface area (Å²) in [6.45, 7) is -2.97. The van der Waals surface area contributed by atoms with Gasteiger partial charge in [0.05, 0.1) is 10.7 Å². The molecule has 0 unspecified atom stereocenters. The average Bonchev–Trinajstić information content (AvgIpc) is 2.43. The topological polar surface area (TPSA) is 38.3 Å². The number of benzene rings is 2. The van der Waals surface area contributed by atoms with Crippen molar-refractivity contribution in [2.75, 3.05) is 5.32 Å². The van der Waals surface area contributed by atoms with E-state index in [2.05, 4.69) is 26.0 Å². The van der Waals surface area contributed by atoms with Crippen LogP contribution >= 0.6 is 27.5 Å². The molecule has 7 heteroatoms. The highest BCUT2D eigenvalue weighted by Crippen LogP contribution is 2.27. The van der Waals surface area contributed by atoms with Crippen LogP contribution < -0.4 is 10.1 Å². The second-order valence-corrected chi connectivity index (χ2v) is 5.22. The monoisotopic (exact) mass is 375 g/mol. The van der Waals surface area contributed by atoms with Crippen LogP contribution in [0, 0.1) is 0 Å². The van der Waals surface area contributed by atoms with E-state index in [-0.39, 0.29) is 11.4 Å². The highest BCUT2D eigenvalue weighted by molar-refractivity contribution is 9.10. The molecule has 0 aliphatic carbocycles. The van der Waals surface area contributed by atoms with Crippen molar-refractivity contribution < 1.29 is 18.3 Å².